The van der Waals surface area contributed by atoms with Gasteiger partial charge in [0.25, 0.3) is 5.89 Å². The van der Waals surface area contributed by atoms with E-state index in [0.29, 0.717) is 24.1 Å². The zero-order chi connectivity index (χ0) is 9.97. The van der Waals surface area contributed by atoms with Crippen molar-refractivity contribution in [1.82, 2.24) is 10.2 Å². The van der Waals surface area contributed by atoms with Gasteiger partial charge < -0.3 is 4.42 Å². The highest BCUT2D eigenvalue weighted by atomic mass is 79.9. The van der Waals surface area contributed by atoms with Crippen LogP contribution in [0.25, 0.3) is 10.8 Å². The molecule has 0 amide bonds. The van der Waals surface area contributed by atoms with Gasteiger partial charge in [-0.1, -0.05) is 0 Å². The van der Waals surface area contributed by atoms with Gasteiger partial charge in [-0.3, -0.25) is 0 Å². The Hall–Kier alpha value is -0.390. The van der Waals surface area contributed by atoms with Gasteiger partial charge >= 0.3 is 0 Å². The standard InChI is InChI=1S/C8H6BrClN2OS/c9-5-2-4-14-7(5)8-12-11-6(13-8)1-3-10/h2,4H,1,3H2. The van der Waals surface area contributed by atoms with Crippen LogP contribution in [0.3, 0.4) is 0 Å². The summed E-state index contributed by atoms with van der Waals surface area (Å²) in [6, 6.07) is 1.95. The molecule has 2 rings (SSSR count). The van der Waals surface area contributed by atoms with Gasteiger partial charge in [0.15, 0.2) is 0 Å². The first-order valence-corrected chi connectivity index (χ1v) is 6.13. The molecule has 0 aliphatic heterocycles. The summed E-state index contributed by atoms with van der Waals surface area (Å²) in [6.07, 6.45) is 0.609. The highest BCUT2D eigenvalue weighted by molar-refractivity contribution is 9.10. The molecule has 14 heavy (non-hydrogen) atoms. The second kappa shape index (κ2) is 4.42. The summed E-state index contributed by atoms with van der Waals surface area (Å²) in [7, 11) is 0. The molecule has 2 heterocycles. The Balaban J connectivity index is 2.29. The number of nitrogens with zero attached hydrogens (tertiary/aromatic N) is 2. The number of alkyl halides is 1. The Morgan fingerprint density at radius 3 is 3.00 bits per heavy atom. The summed E-state index contributed by atoms with van der Waals surface area (Å²) in [4.78, 5) is 0.957. The fraction of sp³-hybridized carbons (Fsp3) is 0.250. The Morgan fingerprint density at radius 1 is 1.50 bits per heavy atom. The zero-order valence-electron chi connectivity index (χ0n) is 7.04. The minimum Gasteiger partial charge on any atom is -0.420 e. The third-order valence-corrected chi connectivity index (χ3v) is 3.60. The smallest absolute Gasteiger partial charge is 0.258 e. The van der Waals surface area contributed by atoms with Gasteiger partial charge in [-0.2, -0.15) is 0 Å². The van der Waals surface area contributed by atoms with Crippen LogP contribution in [0.5, 0.6) is 0 Å². The third-order valence-electron chi connectivity index (χ3n) is 1.59. The molecule has 3 nitrogen and oxygen atoms in total. The van der Waals surface area contributed by atoms with Crippen LogP contribution in [0.2, 0.25) is 0 Å². The number of hydrogen-bond acceptors (Lipinski definition) is 4. The van der Waals surface area contributed by atoms with Crippen molar-refractivity contribution in [3.05, 3.63) is 21.8 Å². The predicted molar refractivity (Wildman–Crippen MR) is 59.7 cm³/mol. The van der Waals surface area contributed by atoms with Crippen LogP contribution < -0.4 is 0 Å². The van der Waals surface area contributed by atoms with Gasteiger partial charge in [-0.25, -0.2) is 0 Å². The second-order valence-corrected chi connectivity index (χ2v) is 4.69. The highest BCUT2D eigenvalue weighted by Gasteiger charge is 2.12. The van der Waals surface area contributed by atoms with Gasteiger partial charge in [0.05, 0.1) is 0 Å². The molecule has 6 heteroatoms. The summed E-state index contributed by atoms with van der Waals surface area (Å²) >= 11 is 10.5. The molecular weight excluding hydrogens is 288 g/mol. The van der Waals surface area contributed by atoms with E-state index in [1.165, 1.54) is 0 Å². The van der Waals surface area contributed by atoms with Crippen molar-refractivity contribution >= 4 is 38.9 Å². The summed E-state index contributed by atoms with van der Waals surface area (Å²) in [5.74, 6) is 1.62. The average Bonchev–Trinajstić information content (AvgIpc) is 2.74. The molecule has 2 aromatic heterocycles. The van der Waals surface area contributed by atoms with Crippen LogP contribution in [-0.2, 0) is 6.42 Å². The Bertz CT molecular complexity index is 428. The largest absolute Gasteiger partial charge is 0.420 e. The van der Waals surface area contributed by atoms with E-state index in [2.05, 4.69) is 26.1 Å². The first-order chi connectivity index (χ1) is 6.81. The van der Waals surface area contributed by atoms with E-state index >= 15 is 0 Å². The molecule has 0 aliphatic carbocycles. The lowest BCUT2D eigenvalue weighted by atomic mass is 10.5. The monoisotopic (exact) mass is 292 g/mol. The number of aromatic nitrogens is 2. The van der Waals surface area contributed by atoms with E-state index in [-0.39, 0.29) is 0 Å². The molecule has 0 bridgehead atoms. The number of halogens is 2. The van der Waals surface area contributed by atoms with Crippen molar-refractivity contribution in [2.24, 2.45) is 0 Å². The average molecular weight is 294 g/mol. The van der Waals surface area contributed by atoms with Gasteiger partial charge in [0.1, 0.15) is 4.88 Å². The van der Waals surface area contributed by atoms with E-state index in [9.17, 15) is 0 Å². The minimum absolute atomic E-state index is 0.493. The van der Waals surface area contributed by atoms with E-state index in [0.717, 1.165) is 9.35 Å². The van der Waals surface area contributed by atoms with Crippen LogP contribution in [0, 0.1) is 0 Å². The van der Waals surface area contributed by atoms with Crippen LogP contribution in [0.1, 0.15) is 5.89 Å². The lowest BCUT2D eigenvalue weighted by Crippen LogP contribution is -1.84. The molecule has 0 saturated heterocycles. The molecular formula is C8H6BrClN2OS. The fourth-order valence-corrected chi connectivity index (χ4v) is 2.60. The maximum Gasteiger partial charge on any atom is 0.258 e. The van der Waals surface area contributed by atoms with E-state index < -0.39 is 0 Å². The SMILES string of the molecule is ClCCc1nnc(-c2sccc2Br)o1. The lowest BCUT2D eigenvalue weighted by Gasteiger charge is -1.89. The first kappa shape index (κ1) is 10.1. The quantitative estimate of drug-likeness (QED) is 0.815. The lowest BCUT2D eigenvalue weighted by molar-refractivity contribution is 0.514. The highest BCUT2D eigenvalue weighted by Crippen LogP contribution is 2.32. The zero-order valence-corrected chi connectivity index (χ0v) is 10.2. The van der Waals surface area contributed by atoms with Crippen molar-refractivity contribution < 1.29 is 4.42 Å². The third kappa shape index (κ3) is 1.99. The number of rotatable bonds is 3. The van der Waals surface area contributed by atoms with Crippen molar-refractivity contribution in [2.45, 2.75) is 6.42 Å². The molecule has 0 radical (unpaired) electrons. The number of thiophene rings is 1. The van der Waals surface area contributed by atoms with Crippen LogP contribution in [0.15, 0.2) is 20.3 Å². The predicted octanol–water partition coefficient (Wildman–Crippen LogP) is 3.34. The summed E-state index contributed by atoms with van der Waals surface area (Å²) in [5, 5.41) is 9.79. The van der Waals surface area contributed by atoms with Gasteiger partial charge in [-0.15, -0.1) is 33.1 Å². The second-order valence-electron chi connectivity index (χ2n) is 2.54. The molecule has 0 N–H and O–H groups in total. The number of aryl methyl sites for hydroxylation is 1. The maximum atomic E-state index is 5.57. The topological polar surface area (TPSA) is 38.9 Å². The maximum absolute atomic E-state index is 5.57. The van der Waals surface area contributed by atoms with E-state index in [1.807, 2.05) is 11.4 Å². The van der Waals surface area contributed by atoms with E-state index in [1.54, 1.807) is 11.3 Å². The van der Waals surface area contributed by atoms with Crippen LogP contribution in [0.4, 0.5) is 0 Å². The van der Waals surface area contributed by atoms with Crippen molar-refractivity contribution in [2.75, 3.05) is 5.88 Å². The minimum atomic E-state index is 0.493. The molecule has 0 unspecified atom stereocenters. The van der Waals surface area contributed by atoms with Crippen molar-refractivity contribution in [1.29, 1.82) is 0 Å². The van der Waals surface area contributed by atoms with Crippen molar-refractivity contribution in [3.63, 3.8) is 0 Å². The summed E-state index contributed by atoms with van der Waals surface area (Å²) in [6.45, 7) is 0. The fourth-order valence-electron chi connectivity index (χ4n) is 0.974. The molecule has 0 spiro atoms. The number of hydrogen-bond donors (Lipinski definition) is 0. The molecule has 0 aliphatic rings. The Morgan fingerprint density at radius 2 is 2.36 bits per heavy atom. The molecule has 0 fully saturated rings. The van der Waals surface area contributed by atoms with Crippen LogP contribution in [-0.4, -0.2) is 16.1 Å². The molecule has 2 aromatic rings. The molecule has 0 saturated carbocycles. The van der Waals surface area contributed by atoms with Gasteiger partial charge in [0, 0.05) is 16.8 Å². The Labute approximate surface area is 98.2 Å². The normalized spacial score (nSPS) is 10.7. The molecule has 0 aromatic carbocycles. The van der Waals surface area contributed by atoms with E-state index in [4.69, 9.17) is 16.0 Å². The summed E-state index contributed by atoms with van der Waals surface area (Å²) in [5.41, 5.74) is 0. The van der Waals surface area contributed by atoms with Gasteiger partial charge in [-0.05, 0) is 27.4 Å². The Kier molecular flexibility index (Phi) is 3.20. The van der Waals surface area contributed by atoms with Gasteiger partial charge in [0.2, 0.25) is 5.89 Å². The first-order valence-electron chi connectivity index (χ1n) is 3.93. The molecule has 74 valence electrons. The molecule has 0 atom stereocenters. The van der Waals surface area contributed by atoms with Crippen molar-refractivity contribution in [3.8, 4) is 10.8 Å². The van der Waals surface area contributed by atoms with Crippen LogP contribution >= 0.6 is 38.9 Å². The summed E-state index contributed by atoms with van der Waals surface area (Å²) < 4.78 is 6.40.